The first-order valence-electron chi connectivity index (χ1n) is 11.1. The van der Waals surface area contributed by atoms with Gasteiger partial charge in [0.2, 0.25) is 11.0 Å². The van der Waals surface area contributed by atoms with Crippen LogP contribution in [0.15, 0.2) is 24.3 Å². The minimum absolute atomic E-state index is 0.291. The molecule has 1 saturated heterocycles. The zero-order valence-electron chi connectivity index (χ0n) is 20.5. The molecule has 2 aromatic rings. The van der Waals surface area contributed by atoms with Crippen molar-refractivity contribution in [2.45, 2.75) is 65.2 Å². The molecule has 0 spiro atoms. The third-order valence-electron chi connectivity index (χ3n) is 5.11. The Morgan fingerprint density at radius 3 is 2.17 bits per heavy atom. The van der Waals surface area contributed by atoms with Crippen molar-refractivity contribution < 1.29 is 38.1 Å². The number of esters is 3. The van der Waals surface area contributed by atoms with Gasteiger partial charge >= 0.3 is 17.9 Å². The van der Waals surface area contributed by atoms with Gasteiger partial charge in [-0.15, -0.1) is 10.2 Å². The molecule has 5 atom stereocenters. The second-order valence-corrected chi connectivity index (χ2v) is 9.17. The number of carbonyl (C=O) groups is 4. The summed E-state index contributed by atoms with van der Waals surface area (Å²) in [7, 11) is 0. The van der Waals surface area contributed by atoms with Crippen LogP contribution in [0.4, 0.5) is 5.13 Å². The Balaban J connectivity index is 1.94. The highest BCUT2D eigenvalue weighted by Crippen LogP contribution is 2.31. The number of aryl methyl sites for hydroxylation is 1. The Labute approximate surface area is 211 Å². The summed E-state index contributed by atoms with van der Waals surface area (Å²) in [5.74, 6) is -2.36. The molecule has 0 radical (unpaired) electrons. The second-order valence-electron chi connectivity index (χ2n) is 8.19. The van der Waals surface area contributed by atoms with E-state index in [9.17, 15) is 19.2 Å². The molecule has 2 N–H and O–H groups in total. The molecule has 1 aromatic carbocycles. The molecule has 0 saturated carbocycles. The lowest BCUT2D eigenvalue weighted by Gasteiger charge is -2.45. The molecule has 194 valence electrons. The molecule has 1 aliphatic rings. The molecule has 0 unspecified atom stereocenters. The van der Waals surface area contributed by atoms with Crippen molar-refractivity contribution in [2.24, 2.45) is 0 Å². The number of nitrogens with zero attached hydrogens (tertiary/aromatic N) is 2. The predicted octanol–water partition coefficient (Wildman–Crippen LogP) is 1.58. The maximum Gasteiger partial charge on any atom is 0.303 e. The molecule has 1 fully saturated rings. The molecular formula is C23H28N4O8S. The lowest BCUT2D eigenvalue weighted by atomic mass is 9.95. The highest BCUT2D eigenvalue weighted by molar-refractivity contribution is 7.18. The van der Waals surface area contributed by atoms with E-state index in [1.165, 1.54) is 39.0 Å². The third kappa shape index (κ3) is 7.21. The second kappa shape index (κ2) is 11.9. The first-order chi connectivity index (χ1) is 17.0. The zero-order valence-corrected chi connectivity index (χ0v) is 21.3. The minimum atomic E-state index is -1.17. The van der Waals surface area contributed by atoms with Crippen LogP contribution in [-0.2, 0) is 38.1 Å². The van der Waals surface area contributed by atoms with E-state index in [1.807, 2.05) is 31.2 Å². The average Bonchev–Trinajstić information content (AvgIpc) is 3.24. The van der Waals surface area contributed by atoms with E-state index in [-0.39, 0.29) is 6.61 Å². The number of hydrogen-bond donors (Lipinski definition) is 2. The molecule has 0 aliphatic carbocycles. The summed E-state index contributed by atoms with van der Waals surface area (Å²) in [4.78, 5) is 47.3. The van der Waals surface area contributed by atoms with E-state index in [2.05, 4.69) is 20.8 Å². The molecule has 0 bridgehead atoms. The van der Waals surface area contributed by atoms with E-state index in [1.54, 1.807) is 0 Å². The highest BCUT2D eigenvalue weighted by atomic mass is 32.1. The van der Waals surface area contributed by atoms with Crippen molar-refractivity contribution in [1.82, 2.24) is 15.5 Å². The highest BCUT2D eigenvalue weighted by Gasteiger charge is 2.51. The van der Waals surface area contributed by atoms with E-state index in [4.69, 9.17) is 18.9 Å². The van der Waals surface area contributed by atoms with Crippen LogP contribution in [0.1, 0.15) is 33.3 Å². The number of anilines is 1. The molecule has 2 heterocycles. The van der Waals surface area contributed by atoms with Gasteiger partial charge < -0.3 is 29.6 Å². The van der Waals surface area contributed by atoms with Gasteiger partial charge in [-0.2, -0.15) is 0 Å². The fourth-order valence-electron chi connectivity index (χ4n) is 3.67. The SMILES string of the molecule is CC(=O)N[C@@H]1[C@@H](OC(C)=O)[C@H](OC(C)=O)[C@@H](COC(C)=O)O[C@H]1Nc1nnc(-c2ccc(C)cc2)s1. The lowest BCUT2D eigenvalue weighted by molar-refractivity contribution is -0.219. The van der Waals surface area contributed by atoms with Gasteiger partial charge in [-0.1, -0.05) is 41.2 Å². The summed E-state index contributed by atoms with van der Waals surface area (Å²) in [6.45, 7) is 6.56. The van der Waals surface area contributed by atoms with Crippen LogP contribution in [-0.4, -0.2) is 71.2 Å². The Morgan fingerprint density at radius 2 is 1.58 bits per heavy atom. The van der Waals surface area contributed by atoms with Crippen LogP contribution in [0.2, 0.25) is 0 Å². The fourth-order valence-corrected chi connectivity index (χ4v) is 4.45. The standard InChI is InChI=1S/C23H28N4O8S/c1-11-6-8-16(9-7-11)22-26-27-23(36-22)25-21-18(24-12(2)28)20(34-15(5)31)19(33-14(4)30)17(35-21)10-32-13(3)29/h6-9,17-21H,10H2,1-5H3,(H,24,28)(H,25,27)/t17-,18-,19-,20-,21-/m1/s1. The quantitative estimate of drug-likeness (QED) is 0.385. The fraction of sp³-hybridized carbons (Fsp3) is 0.478. The predicted molar refractivity (Wildman–Crippen MR) is 128 cm³/mol. The van der Waals surface area contributed by atoms with Gasteiger partial charge in [0.15, 0.2) is 18.4 Å². The summed E-state index contributed by atoms with van der Waals surface area (Å²) >= 11 is 1.25. The van der Waals surface area contributed by atoms with Crippen LogP contribution in [0.25, 0.3) is 10.6 Å². The lowest BCUT2D eigenvalue weighted by Crippen LogP contribution is -2.67. The molecular weight excluding hydrogens is 492 g/mol. The van der Waals surface area contributed by atoms with Crippen molar-refractivity contribution in [3.63, 3.8) is 0 Å². The molecule has 13 heteroatoms. The summed E-state index contributed by atoms with van der Waals surface area (Å²) in [5, 5.41) is 15.1. The first-order valence-corrected chi connectivity index (χ1v) is 11.9. The third-order valence-corrected chi connectivity index (χ3v) is 6.01. The molecule has 36 heavy (non-hydrogen) atoms. The first kappa shape index (κ1) is 27.0. The van der Waals surface area contributed by atoms with Gasteiger partial charge in [-0.05, 0) is 6.92 Å². The summed E-state index contributed by atoms with van der Waals surface area (Å²) in [6, 6.07) is 6.77. The topological polar surface area (TPSA) is 155 Å². The van der Waals surface area contributed by atoms with Gasteiger partial charge in [0.25, 0.3) is 0 Å². The largest absolute Gasteiger partial charge is 0.463 e. The number of aromatic nitrogens is 2. The number of hydrogen-bond acceptors (Lipinski definition) is 12. The van der Waals surface area contributed by atoms with Crippen LogP contribution in [0.3, 0.4) is 0 Å². The van der Waals surface area contributed by atoms with Gasteiger partial charge in [0, 0.05) is 33.3 Å². The van der Waals surface area contributed by atoms with Crippen molar-refractivity contribution in [3.8, 4) is 10.6 Å². The van der Waals surface area contributed by atoms with Gasteiger partial charge in [-0.3, -0.25) is 19.2 Å². The molecule has 1 aliphatic heterocycles. The minimum Gasteiger partial charge on any atom is -0.463 e. The van der Waals surface area contributed by atoms with Crippen molar-refractivity contribution >= 4 is 40.3 Å². The van der Waals surface area contributed by atoms with E-state index < -0.39 is 54.4 Å². The number of nitrogens with one attached hydrogen (secondary N) is 2. The average molecular weight is 521 g/mol. The van der Waals surface area contributed by atoms with Crippen LogP contribution < -0.4 is 10.6 Å². The van der Waals surface area contributed by atoms with Gasteiger partial charge in [-0.25, -0.2) is 0 Å². The van der Waals surface area contributed by atoms with Crippen molar-refractivity contribution in [3.05, 3.63) is 29.8 Å². The number of carbonyl (C=O) groups excluding carboxylic acids is 4. The van der Waals surface area contributed by atoms with Crippen molar-refractivity contribution in [2.75, 3.05) is 11.9 Å². The van der Waals surface area contributed by atoms with E-state index in [0.717, 1.165) is 11.1 Å². The number of benzene rings is 1. The summed E-state index contributed by atoms with van der Waals surface area (Å²) < 4.78 is 22.1. The summed E-state index contributed by atoms with van der Waals surface area (Å²) in [5.41, 5.74) is 1.97. The summed E-state index contributed by atoms with van der Waals surface area (Å²) in [6.07, 6.45) is -4.36. The maximum atomic E-state index is 12.0. The monoisotopic (exact) mass is 520 g/mol. The Hall–Kier alpha value is -3.58. The van der Waals surface area contributed by atoms with Gasteiger partial charge in [0.1, 0.15) is 23.8 Å². The van der Waals surface area contributed by atoms with Crippen LogP contribution >= 0.6 is 11.3 Å². The van der Waals surface area contributed by atoms with E-state index in [0.29, 0.717) is 10.1 Å². The van der Waals surface area contributed by atoms with E-state index >= 15 is 0 Å². The normalized spacial score (nSPS) is 23.3. The van der Waals surface area contributed by atoms with Crippen LogP contribution in [0, 0.1) is 6.92 Å². The smallest absolute Gasteiger partial charge is 0.303 e. The molecule has 12 nitrogen and oxygen atoms in total. The van der Waals surface area contributed by atoms with Gasteiger partial charge in [0.05, 0.1) is 0 Å². The molecule has 3 rings (SSSR count). The molecule has 1 amide bonds. The maximum absolute atomic E-state index is 12.0. The molecule has 1 aromatic heterocycles. The number of ether oxygens (including phenoxy) is 4. The Morgan fingerprint density at radius 1 is 0.944 bits per heavy atom. The van der Waals surface area contributed by atoms with Crippen LogP contribution in [0.5, 0.6) is 0 Å². The number of rotatable bonds is 8. The Bertz CT molecular complexity index is 1110. The number of amides is 1. The van der Waals surface area contributed by atoms with Crippen molar-refractivity contribution in [1.29, 1.82) is 0 Å². The Kier molecular flexibility index (Phi) is 8.93. The zero-order chi connectivity index (χ0) is 26.4.